The Morgan fingerprint density at radius 1 is 1.42 bits per heavy atom. The summed E-state index contributed by atoms with van der Waals surface area (Å²) in [4.78, 5) is 49.6. The molecule has 0 spiro atoms. The molecule has 0 saturated carbocycles. The first kappa shape index (κ1) is 13.0. The molecule has 0 saturated heterocycles. The maximum absolute atomic E-state index is 11.8. The Morgan fingerprint density at radius 3 is 2.79 bits per heavy atom. The van der Waals surface area contributed by atoms with E-state index in [2.05, 4.69) is 10.3 Å². The number of hydrogen-bond donors (Lipinski definition) is 3. The van der Waals surface area contributed by atoms with Crippen LogP contribution >= 0.6 is 11.3 Å². The summed E-state index contributed by atoms with van der Waals surface area (Å²) in [6.07, 6.45) is 2.67. The van der Waals surface area contributed by atoms with Crippen LogP contribution in [-0.4, -0.2) is 22.2 Å². The van der Waals surface area contributed by atoms with Gasteiger partial charge in [0.1, 0.15) is 11.6 Å². The average Bonchev–Trinajstić information content (AvgIpc) is 2.89. The summed E-state index contributed by atoms with van der Waals surface area (Å²) in [5.41, 5.74) is -1.81. The maximum atomic E-state index is 11.8. The van der Waals surface area contributed by atoms with Gasteiger partial charge in [-0.05, 0) is 11.4 Å². The molecular formula is C11H8N3O4S. The Balaban J connectivity index is 2.23. The molecular weight excluding hydrogens is 270 g/mol. The molecule has 3 N–H and O–H groups in total. The minimum Gasteiger partial charge on any atom is -0.337 e. The Hall–Kier alpha value is -2.48. The Kier molecular flexibility index (Phi) is 3.71. The van der Waals surface area contributed by atoms with Gasteiger partial charge in [-0.2, -0.15) is 0 Å². The molecule has 7 nitrogen and oxygen atoms in total. The molecule has 2 aromatic heterocycles. The van der Waals surface area contributed by atoms with Gasteiger partial charge in [-0.25, -0.2) is 4.79 Å². The van der Waals surface area contributed by atoms with Crippen molar-refractivity contribution in [2.45, 2.75) is 6.04 Å². The average molecular weight is 278 g/mol. The molecule has 8 heteroatoms. The van der Waals surface area contributed by atoms with Crippen molar-refractivity contribution in [3.63, 3.8) is 0 Å². The second-order valence-electron chi connectivity index (χ2n) is 3.53. The second-order valence-corrected chi connectivity index (χ2v) is 4.50. The van der Waals surface area contributed by atoms with Gasteiger partial charge in [-0.3, -0.25) is 19.4 Å². The van der Waals surface area contributed by atoms with Gasteiger partial charge in [0.05, 0.1) is 0 Å². The summed E-state index contributed by atoms with van der Waals surface area (Å²) >= 11 is 1.28. The molecule has 0 aliphatic carbocycles. The van der Waals surface area contributed by atoms with Gasteiger partial charge in [0.25, 0.3) is 11.5 Å². The lowest BCUT2D eigenvalue weighted by molar-refractivity contribution is 0.0944. The molecule has 2 aromatic rings. The van der Waals surface area contributed by atoms with Gasteiger partial charge >= 0.3 is 5.69 Å². The van der Waals surface area contributed by atoms with Crippen LogP contribution in [0.3, 0.4) is 0 Å². The number of rotatable bonds is 4. The largest absolute Gasteiger partial charge is 0.337 e. The summed E-state index contributed by atoms with van der Waals surface area (Å²) in [6, 6.07) is 2.44. The quantitative estimate of drug-likeness (QED) is 0.713. The molecule has 0 aliphatic rings. The molecule has 1 amide bonds. The lowest BCUT2D eigenvalue weighted by Gasteiger charge is -2.09. The third-order valence-electron chi connectivity index (χ3n) is 2.28. The summed E-state index contributed by atoms with van der Waals surface area (Å²) in [5, 5.41) is 4.10. The van der Waals surface area contributed by atoms with Crippen molar-refractivity contribution in [2.24, 2.45) is 0 Å². The van der Waals surface area contributed by atoms with Crippen LogP contribution in [0, 0.1) is 0 Å². The molecule has 0 fully saturated rings. The van der Waals surface area contributed by atoms with Crippen LogP contribution in [-0.2, 0) is 4.79 Å². The van der Waals surface area contributed by atoms with Crippen LogP contribution in [0.1, 0.15) is 21.3 Å². The highest BCUT2D eigenvalue weighted by Crippen LogP contribution is 2.17. The van der Waals surface area contributed by atoms with Crippen LogP contribution in [0.25, 0.3) is 0 Å². The van der Waals surface area contributed by atoms with E-state index in [0.717, 1.165) is 6.20 Å². The SMILES string of the molecule is O=[C]C(NC(=O)c1c[nH]c(=O)[nH]c1=O)c1cccs1. The number of carbonyl (C=O) groups excluding carboxylic acids is 2. The van der Waals surface area contributed by atoms with Crippen LogP contribution in [0.15, 0.2) is 33.3 Å². The number of amides is 1. The van der Waals surface area contributed by atoms with Crippen LogP contribution in [0.4, 0.5) is 0 Å². The first-order valence-corrected chi connectivity index (χ1v) is 6.03. The maximum Gasteiger partial charge on any atom is 0.325 e. The zero-order valence-electron chi connectivity index (χ0n) is 9.43. The molecule has 2 rings (SSSR count). The third kappa shape index (κ3) is 2.86. The molecule has 2 heterocycles. The summed E-state index contributed by atoms with van der Waals surface area (Å²) in [5.74, 6) is -0.765. The number of nitrogens with one attached hydrogen (secondary N) is 3. The topological polar surface area (TPSA) is 112 Å². The predicted octanol–water partition coefficient (Wildman–Crippen LogP) is -0.294. The Bertz CT molecular complexity index is 701. The lowest BCUT2D eigenvalue weighted by Crippen LogP contribution is -2.35. The van der Waals surface area contributed by atoms with Gasteiger partial charge in [0.15, 0.2) is 0 Å². The summed E-state index contributed by atoms with van der Waals surface area (Å²) in [6.45, 7) is 0. The number of carbonyl (C=O) groups is 1. The van der Waals surface area contributed by atoms with Gasteiger partial charge in [-0.15, -0.1) is 11.3 Å². The second kappa shape index (κ2) is 5.44. The van der Waals surface area contributed by atoms with Crippen molar-refractivity contribution in [3.05, 3.63) is 55.0 Å². The van der Waals surface area contributed by atoms with Gasteiger partial charge in [0.2, 0.25) is 6.29 Å². The number of thiophene rings is 1. The van der Waals surface area contributed by atoms with Gasteiger partial charge in [-0.1, -0.05) is 6.07 Å². The molecule has 97 valence electrons. The molecule has 0 aliphatic heterocycles. The minimum atomic E-state index is -0.946. The van der Waals surface area contributed by atoms with E-state index in [-0.39, 0.29) is 5.56 Å². The summed E-state index contributed by atoms with van der Waals surface area (Å²) in [7, 11) is 0. The zero-order chi connectivity index (χ0) is 13.8. The number of aromatic nitrogens is 2. The first-order valence-electron chi connectivity index (χ1n) is 5.16. The van der Waals surface area contributed by atoms with E-state index in [1.165, 1.54) is 11.3 Å². The first-order chi connectivity index (χ1) is 9.11. The van der Waals surface area contributed by atoms with Crippen molar-refractivity contribution >= 4 is 23.5 Å². The fourth-order valence-corrected chi connectivity index (χ4v) is 2.12. The molecule has 19 heavy (non-hydrogen) atoms. The fourth-order valence-electron chi connectivity index (χ4n) is 1.40. The van der Waals surface area contributed by atoms with E-state index in [1.54, 1.807) is 23.8 Å². The van der Waals surface area contributed by atoms with E-state index in [9.17, 15) is 19.2 Å². The van der Waals surface area contributed by atoms with E-state index in [4.69, 9.17) is 0 Å². The number of hydrogen-bond acceptors (Lipinski definition) is 5. The van der Waals surface area contributed by atoms with Crippen molar-refractivity contribution in [3.8, 4) is 0 Å². The standard InChI is InChI=1S/C11H8N3O4S/c15-5-7(8-2-1-3-19-8)13-9(16)6-4-12-11(18)14-10(6)17/h1-4,7H,(H,13,16)(H2,12,14,17,18). The predicted molar refractivity (Wildman–Crippen MR) is 67.9 cm³/mol. The highest BCUT2D eigenvalue weighted by atomic mass is 32.1. The minimum absolute atomic E-state index is 0.281. The van der Waals surface area contributed by atoms with E-state index >= 15 is 0 Å². The zero-order valence-corrected chi connectivity index (χ0v) is 10.2. The van der Waals surface area contributed by atoms with Crippen LogP contribution in [0.5, 0.6) is 0 Å². The highest BCUT2D eigenvalue weighted by molar-refractivity contribution is 7.10. The van der Waals surface area contributed by atoms with Gasteiger partial charge in [0, 0.05) is 11.1 Å². The normalized spacial score (nSPS) is 11.8. The molecule has 0 bridgehead atoms. The smallest absolute Gasteiger partial charge is 0.325 e. The number of aromatic amines is 2. The number of H-pyrrole nitrogens is 2. The van der Waals surface area contributed by atoms with Crippen LogP contribution < -0.4 is 16.6 Å². The van der Waals surface area contributed by atoms with Crippen molar-refractivity contribution < 1.29 is 9.59 Å². The van der Waals surface area contributed by atoms with E-state index in [1.807, 2.05) is 4.98 Å². The Morgan fingerprint density at radius 2 is 2.21 bits per heavy atom. The molecule has 0 aromatic carbocycles. The van der Waals surface area contributed by atoms with Crippen molar-refractivity contribution in [1.82, 2.24) is 15.3 Å². The van der Waals surface area contributed by atoms with E-state index < -0.39 is 23.2 Å². The van der Waals surface area contributed by atoms with Crippen LogP contribution in [0.2, 0.25) is 0 Å². The molecule has 1 atom stereocenters. The van der Waals surface area contributed by atoms with Gasteiger partial charge < -0.3 is 10.3 Å². The van der Waals surface area contributed by atoms with Crippen molar-refractivity contribution in [1.29, 1.82) is 0 Å². The Labute approximate surface area is 110 Å². The monoisotopic (exact) mass is 278 g/mol. The fraction of sp³-hybridized carbons (Fsp3) is 0.0909. The van der Waals surface area contributed by atoms with E-state index in [0.29, 0.717) is 4.88 Å². The summed E-state index contributed by atoms with van der Waals surface area (Å²) < 4.78 is 0. The van der Waals surface area contributed by atoms with Crippen molar-refractivity contribution in [2.75, 3.05) is 0 Å². The molecule has 1 unspecified atom stereocenters. The lowest BCUT2D eigenvalue weighted by atomic mass is 10.2. The highest BCUT2D eigenvalue weighted by Gasteiger charge is 2.18. The third-order valence-corrected chi connectivity index (χ3v) is 3.22. The molecule has 1 radical (unpaired) electrons.